The summed E-state index contributed by atoms with van der Waals surface area (Å²) < 4.78 is 5.47. The molecule has 58 heavy (non-hydrogen) atoms. The van der Waals surface area contributed by atoms with Crippen molar-refractivity contribution in [2.45, 2.75) is 296 Å². The average Bonchev–Trinajstić information content (AvgIpc) is 3.22. The minimum atomic E-state index is -0.847. The van der Waals surface area contributed by atoms with Gasteiger partial charge in [-0.15, -0.1) is 0 Å². The van der Waals surface area contributed by atoms with Crippen LogP contribution < -0.4 is 5.32 Å². The normalized spacial score (nSPS) is 12.7. The first kappa shape index (κ1) is 56.6. The Morgan fingerprint density at radius 1 is 0.466 bits per heavy atom. The van der Waals surface area contributed by atoms with E-state index in [0.717, 1.165) is 44.9 Å². The maximum atomic E-state index is 12.4. The SMILES string of the molecule is CCCCCCCCCC/C=C/C(O)C(CO)NC(=O)CCCCCCCCCCCCCCCCCOC(=O)CCCCCCCCCCCCCCCCCC. The Bertz CT molecular complexity index is 863. The number of aliphatic hydroxyl groups excluding tert-OH is 2. The molecule has 0 aromatic rings. The third kappa shape index (κ3) is 44.2. The van der Waals surface area contributed by atoms with Crippen LogP contribution >= 0.6 is 0 Å². The van der Waals surface area contributed by atoms with Crippen molar-refractivity contribution in [3.8, 4) is 0 Å². The van der Waals surface area contributed by atoms with Crippen LogP contribution in [0.1, 0.15) is 284 Å². The van der Waals surface area contributed by atoms with Crippen molar-refractivity contribution in [3.05, 3.63) is 12.2 Å². The van der Waals surface area contributed by atoms with Crippen molar-refractivity contribution in [2.75, 3.05) is 13.2 Å². The molecular weight excluding hydrogens is 719 g/mol. The summed E-state index contributed by atoms with van der Waals surface area (Å²) in [6, 6.07) is -0.631. The molecule has 0 bridgehead atoms. The van der Waals surface area contributed by atoms with E-state index in [4.69, 9.17) is 4.74 Å². The zero-order chi connectivity index (χ0) is 42.3. The molecule has 2 atom stereocenters. The number of hydrogen-bond donors (Lipinski definition) is 3. The lowest BCUT2D eigenvalue weighted by molar-refractivity contribution is -0.143. The molecule has 0 aromatic heterocycles. The van der Waals surface area contributed by atoms with Gasteiger partial charge in [-0.1, -0.05) is 251 Å². The fourth-order valence-electron chi connectivity index (χ4n) is 8.05. The molecule has 2 unspecified atom stereocenters. The zero-order valence-electron chi connectivity index (χ0n) is 39.0. The lowest BCUT2D eigenvalue weighted by Gasteiger charge is -2.20. The lowest BCUT2D eigenvalue weighted by atomic mass is 10.0. The molecule has 344 valence electrons. The van der Waals surface area contributed by atoms with Gasteiger partial charge in [0, 0.05) is 12.8 Å². The van der Waals surface area contributed by atoms with Gasteiger partial charge >= 0.3 is 5.97 Å². The van der Waals surface area contributed by atoms with E-state index in [-0.39, 0.29) is 18.5 Å². The summed E-state index contributed by atoms with van der Waals surface area (Å²) in [7, 11) is 0. The molecule has 6 nitrogen and oxygen atoms in total. The second kappa shape index (κ2) is 48.3. The molecule has 0 saturated heterocycles. The highest BCUT2D eigenvalue weighted by atomic mass is 16.5. The van der Waals surface area contributed by atoms with Crippen molar-refractivity contribution in [2.24, 2.45) is 0 Å². The van der Waals surface area contributed by atoms with Gasteiger partial charge < -0.3 is 20.3 Å². The third-order valence-corrected chi connectivity index (χ3v) is 12.1. The standard InChI is InChI=1S/C52H101NO5/c1-3-5-7-9-11-13-15-16-17-20-23-26-30-34-38-42-46-52(57)58-47-43-39-35-31-27-24-21-18-19-22-25-29-33-37-41-45-51(56)53-49(48-54)50(55)44-40-36-32-28-14-12-10-8-6-4-2/h40,44,49-50,54-55H,3-39,41-43,45-48H2,1-2H3,(H,53,56)/b44-40+. The maximum Gasteiger partial charge on any atom is 0.305 e. The predicted molar refractivity (Wildman–Crippen MR) is 250 cm³/mol. The van der Waals surface area contributed by atoms with Crippen LogP contribution in [0.3, 0.4) is 0 Å². The van der Waals surface area contributed by atoms with Gasteiger partial charge in [-0.05, 0) is 32.1 Å². The van der Waals surface area contributed by atoms with Crippen molar-refractivity contribution in [1.29, 1.82) is 0 Å². The predicted octanol–water partition coefficient (Wildman–Crippen LogP) is 15.3. The number of unbranched alkanes of at least 4 members (excludes halogenated alkanes) is 37. The van der Waals surface area contributed by atoms with E-state index in [9.17, 15) is 19.8 Å². The Morgan fingerprint density at radius 2 is 0.793 bits per heavy atom. The van der Waals surface area contributed by atoms with E-state index in [0.29, 0.717) is 19.4 Å². The quantitative estimate of drug-likeness (QED) is 0.0323. The molecule has 0 radical (unpaired) electrons. The number of aliphatic hydroxyl groups is 2. The molecule has 0 heterocycles. The van der Waals surface area contributed by atoms with Crippen LogP contribution in [0.5, 0.6) is 0 Å². The summed E-state index contributed by atoms with van der Waals surface area (Å²) in [5, 5.41) is 22.9. The molecule has 0 aliphatic rings. The highest BCUT2D eigenvalue weighted by Gasteiger charge is 2.18. The molecule has 0 rings (SSSR count). The first-order valence-corrected chi connectivity index (χ1v) is 26.0. The smallest absolute Gasteiger partial charge is 0.305 e. The van der Waals surface area contributed by atoms with Gasteiger partial charge in [0.25, 0.3) is 0 Å². The maximum absolute atomic E-state index is 12.4. The van der Waals surface area contributed by atoms with Gasteiger partial charge in [0.1, 0.15) is 0 Å². The Kier molecular flexibility index (Phi) is 47.1. The molecular formula is C52H101NO5. The zero-order valence-corrected chi connectivity index (χ0v) is 39.0. The summed E-state index contributed by atoms with van der Waals surface area (Å²) in [5.74, 6) is -0.0749. The molecule has 0 fully saturated rings. The third-order valence-electron chi connectivity index (χ3n) is 12.1. The molecule has 0 saturated carbocycles. The number of rotatable bonds is 48. The highest BCUT2D eigenvalue weighted by molar-refractivity contribution is 5.76. The second-order valence-electron chi connectivity index (χ2n) is 17.9. The summed E-state index contributed by atoms with van der Waals surface area (Å²) in [5.41, 5.74) is 0. The lowest BCUT2D eigenvalue weighted by Crippen LogP contribution is -2.45. The van der Waals surface area contributed by atoms with Crippen molar-refractivity contribution >= 4 is 11.9 Å². The average molecular weight is 820 g/mol. The van der Waals surface area contributed by atoms with Crippen LogP contribution in [0.4, 0.5) is 0 Å². The first-order valence-electron chi connectivity index (χ1n) is 26.0. The number of esters is 1. The molecule has 0 spiro atoms. The van der Waals surface area contributed by atoms with Crippen LogP contribution in [-0.4, -0.2) is 47.4 Å². The summed E-state index contributed by atoms with van der Waals surface area (Å²) in [6.07, 6.45) is 55.0. The Hall–Kier alpha value is -1.40. The van der Waals surface area contributed by atoms with Gasteiger partial charge in [-0.2, -0.15) is 0 Å². The number of nitrogens with one attached hydrogen (secondary N) is 1. The molecule has 1 amide bonds. The number of hydrogen-bond acceptors (Lipinski definition) is 5. The van der Waals surface area contributed by atoms with Crippen molar-refractivity contribution in [3.63, 3.8) is 0 Å². The second-order valence-corrected chi connectivity index (χ2v) is 17.9. The van der Waals surface area contributed by atoms with Gasteiger partial charge in [-0.25, -0.2) is 0 Å². The topological polar surface area (TPSA) is 95.9 Å². The number of carbonyl (C=O) groups excluding carboxylic acids is 2. The highest BCUT2D eigenvalue weighted by Crippen LogP contribution is 2.16. The van der Waals surface area contributed by atoms with Crippen molar-refractivity contribution < 1.29 is 24.5 Å². The summed E-state index contributed by atoms with van der Waals surface area (Å²) >= 11 is 0. The molecule has 0 aliphatic heterocycles. The minimum Gasteiger partial charge on any atom is -0.466 e. The number of allylic oxidation sites excluding steroid dienone is 1. The fraction of sp³-hybridized carbons (Fsp3) is 0.923. The molecule has 3 N–H and O–H groups in total. The van der Waals surface area contributed by atoms with E-state index < -0.39 is 12.1 Å². The molecule has 6 heteroatoms. The van der Waals surface area contributed by atoms with Crippen LogP contribution in [-0.2, 0) is 14.3 Å². The van der Waals surface area contributed by atoms with E-state index >= 15 is 0 Å². The van der Waals surface area contributed by atoms with Crippen LogP contribution in [0.15, 0.2) is 12.2 Å². The monoisotopic (exact) mass is 820 g/mol. The first-order chi connectivity index (χ1) is 28.5. The van der Waals surface area contributed by atoms with Gasteiger partial charge in [0.05, 0.1) is 25.4 Å². The van der Waals surface area contributed by atoms with Gasteiger partial charge in [0.2, 0.25) is 5.91 Å². The van der Waals surface area contributed by atoms with E-state index in [1.165, 1.54) is 212 Å². The molecule has 0 aliphatic carbocycles. The summed E-state index contributed by atoms with van der Waals surface area (Å²) in [4.78, 5) is 24.4. The summed E-state index contributed by atoms with van der Waals surface area (Å²) in [6.45, 7) is 4.87. The fourth-order valence-corrected chi connectivity index (χ4v) is 8.05. The Balaban J connectivity index is 3.41. The molecule has 0 aromatic carbocycles. The van der Waals surface area contributed by atoms with E-state index in [2.05, 4.69) is 19.2 Å². The van der Waals surface area contributed by atoms with Crippen LogP contribution in [0.25, 0.3) is 0 Å². The number of carbonyl (C=O) groups is 2. The van der Waals surface area contributed by atoms with Crippen molar-refractivity contribution in [1.82, 2.24) is 5.32 Å². The van der Waals surface area contributed by atoms with Crippen LogP contribution in [0.2, 0.25) is 0 Å². The van der Waals surface area contributed by atoms with E-state index in [1.54, 1.807) is 6.08 Å². The Morgan fingerprint density at radius 3 is 1.17 bits per heavy atom. The Labute approximate surface area is 361 Å². The van der Waals surface area contributed by atoms with Gasteiger partial charge in [-0.3, -0.25) is 9.59 Å². The number of amides is 1. The van der Waals surface area contributed by atoms with Crippen LogP contribution in [0, 0.1) is 0 Å². The largest absolute Gasteiger partial charge is 0.466 e. The number of ether oxygens (including phenoxy) is 1. The minimum absolute atomic E-state index is 0.00276. The van der Waals surface area contributed by atoms with E-state index in [1.807, 2.05) is 6.08 Å². The van der Waals surface area contributed by atoms with Gasteiger partial charge in [0.15, 0.2) is 0 Å².